The van der Waals surface area contributed by atoms with E-state index in [0.717, 1.165) is 12.5 Å². The summed E-state index contributed by atoms with van der Waals surface area (Å²) in [6, 6.07) is 1.99. The molecule has 0 saturated carbocycles. The highest BCUT2D eigenvalue weighted by Gasteiger charge is 2.05. The minimum absolute atomic E-state index is 0.931. The van der Waals surface area contributed by atoms with E-state index in [1.807, 2.05) is 23.1 Å². The molecule has 1 aromatic rings. The Labute approximate surface area is 93.7 Å². The van der Waals surface area contributed by atoms with Crippen LogP contribution in [0.3, 0.4) is 0 Å². The lowest BCUT2D eigenvalue weighted by molar-refractivity contribution is 0.391. The third-order valence-electron chi connectivity index (χ3n) is 3.10. The zero-order valence-corrected chi connectivity index (χ0v) is 10.2. The Morgan fingerprint density at radius 3 is 2.60 bits per heavy atom. The van der Waals surface area contributed by atoms with E-state index < -0.39 is 0 Å². The largest absolute Gasteiger partial charge is 0.273 e. The van der Waals surface area contributed by atoms with Crippen molar-refractivity contribution in [2.75, 3.05) is 0 Å². The second-order valence-electron chi connectivity index (χ2n) is 4.33. The first kappa shape index (κ1) is 12.3. The number of unbranched alkanes of at least 4 members (excludes halogenated alkanes) is 1. The van der Waals surface area contributed by atoms with E-state index >= 15 is 0 Å². The van der Waals surface area contributed by atoms with Crippen molar-refractivity contribution in [1.82, 2.24) is 9.78 Å². The lowest BCUT2D eigenvalue weighted by atomic mass is 9.94. The van der Waals surface area contributed by atoms with Crippen molar-refractivity contribution in [1.29, 1.82) is 0 Å². The van der Waals surface area contributed by atoms with Crippen molar-refractivity contribution < 1.29 is 0 Å². The quantitative estimate of drug-likeness (QED) is 0.634. The van der Waals surface area contributed by atoms with Crippen LogP contribution in [0.4, 0.5) is 0 Å². The van der Waals surface area contributed by atoms with Crippen molar-refractivity contribution in [2.24, 2.45) is 5.92 Å². The van der Waals surface area contributed by atoms with Crippen LogP contribution in [0.15, 0.2) is 18.5 Å². The molecular weight excluding hydrogens is 184 g/mol. The Hall–Kier alpha value is -0.790. The molecule has 2 nitrogen and oxygen atoms in total. The number of hydrogen-bond acceptors (Lipinski definition) is 1. The van der Waals surface area contributed by atoms with Crippen LogP contribution < -0.4 is 0 Å². The van der Waals surface area contributed by atoms with E-state index in [4.69, 9.17) is 0 Å². The zero-order chi connectivity index (χ0) is 10.9. The molecule has 0 aromatic carbocycles. The van der Waals surface area contributed by atoms with E-state index in [1.165, 1.54) is 38.5 Å². The summed E-state index contributed by atoms with van der Waals surface area (Å²) < 4.78 is 2.03. The van der Waals surface area contributed by atoms with Crippen molar-refractivity contribution in [3.63, 3.8) is 0 Å². The lowest BCUT2D eigenvalue weighted by Gasteiger charge is -2.13. The predicted molar refractivity (Wildman–Crippen MR) is 64.8 cm³/mol. The Kier molecular flexibility index (Phi) is 6.14. The summed E-state index contributed by atoms with van der Waals surface area (Å²) in [4.78, 5) is 0. The fourth-order valence-corrected chi connectivity index (χ4v) is 2.02. The van der Waals surface area contributed by atoms with Gasteiger partial charge in [0.05, 0.1) is 0 Å². The minimum Gasteiger partial charge on any atom is -0.273 e. The number of aryl methyl sites for hydroxylation is 1. The average Bonchev–Trinajstić information content (AvgIpc) is 2.76. The van der Waals surface area contributed by atoms with Crippen molar-refractivity contribution >= 4 is 0 Å². The van der Waals surface area contributed by atoms with Crippen LogP contribution in [-0.4, -0.2) is 9.78 Å². The summed E-state index contributed by atoms with van der Waals surface area (Å²) in [6.45, 7) is 5.67. The highest BCUT2D eigenvalue weighted by molar-refractivity contribution is 4.77. The molecule has 0 amide bonds. The van der Waals surface area contributed by atoms with Crippen LogP contribution in [-0.2, 0) is 6.54 Å². The molecular formula is C13H24N2. The molecule has 0 saturated heterocycles. The highest BCUT2D eigenvalue weighted by atomic mass is 15.3. The fraction of sp³-hybridized carbons (Fsp3) is 0.769. The van der Waals surface area contributed by atoms with Gasteiger partial charge < -0.3 is 0 Å². The molecule has 0 N–H and O–H groups in total. The van der Waals surface area contributed by atoms with Gasteiger partial charge in [0.2, 0.25) is 0 Å². The van der Waals surface area contributed by atoms with Crippen LogP contribution in [0.25, 0.3) is 0 Å². The first-order chi connectivity index (χ1) is 7.36. The normalized spacial score (nSPS) is 12.9. The maximum absolute atomic E-state index is 4.22. The Balaban J connectivity index is 2.11. The zero-order valence-electron chi connectivity index (χ0n) is 10.2. The van der Waals surface area contributed by atoms with E-state index in [1.54, 1.807) is 0 Å². The molecule has 15 heavy (non-hydrogen) atoms. The van der Waals surface area contributed by atoms with Crippen LogP contribution in [0.2, 0.25) is 0 Å². The molecule has 2 heteroatoms. The summed E-state index contributed by atoms with van der Waals surface area (Å²) in [6.07, 6.45) is 12.0. The average molecular weight is 208 g/mol. The maximum atomic E-state index is 4.22. The predicted octanol–water partition coefficient (Wildman–Crippen LogP) is 3.88. The first-order valence-corrected chi connectivity index (χ1v) is 6.34. The van der Waals surface area contributed by atoms with Gasteiger partial charge in [-0.25, -0.2) is 0 Å². The van der Waals surface area contributed by atoms with Gasteiger partial charge in [0, 0.05) is 18.9 Å². The smallest absolute Gasteiger partial charge is 0.0489 e. The summed E-state index contributed by atoms with van der Waals surface area (Å²) in [5, 5.41) is 4.22. The van der Waals surface area contributed by atoms with Gasteiger partial charge in [-0.1, -0.05) is 39.5 Å². The number of nitrogens with zero attached hydrogens (tertiary/aromatic N) is 2. The molecule has 0 fully saturated rings. The molecule has 0 radical (unpaired) electrons. The molecule has 1 unspecified atom stereocenters. The van der Waals surface area contributed by atoms with Gasteiger partial charge in [-0.3, -0.25) is 4.68 Å². The second-order valence-corrected chi connectivity index (χ2v) is 4.33. The summed E-state index contributed by atoms with van der Waals surface area (Å²) in [5.74, 6) is 0.931. The van der Waals surface area contributed by atoms with Gasteiger partial charge in [-0.2, -0.15) is 5.10 Å². The van der Waals surface area contributed by atoms with Crippen LogP contribution >= 0.6 is 0 Å². The molecule has 0 bridgehead atoms. The van der Waals surface area contributed by atoms with Crippen molar-refractivity contribution in [3.05, 3.63) is 18.5 Å². The minimum atomic E-state index is 0.931. The molecule has 0 aliphatic carbocycles. The van der Waals surface area contributed by atoms with E-state index in [-0.39, 0.29) is 0 Å². The van der Waals surface area contributed by atoms with Gasteiger partial charge in [0.25, 0.3) is 0 Å². The third kappa shape index (κ3) is 5.01. The van der Waals surface area contributed by atoms with E-state index in [9.17, 15) is 0 Å². The Bertz CT molecular complexity index is 229. The van der Waals surface area contributed by atoms with Crippen molar-refractivity contribution in [2.45, 2.75) is 58.9 Å². The molecule has 1 atom stereocenters. The lowest BCUT2D eigenvalue weighted by Crippen LogP contribution is -2.03. The molecule has 0 spiro atoms. The number of hydrogen-bond donors (Lipinski definition) is 0. The van der Waals surface area contributed by atoms with E-state index in [0.29, 0.717) is 0 Å². The van der Waals surface area contributed by atoms with Crippen LogP contribution in [0.5, 0.6) is 0 Å². The first-order valence-electron chi connectivity index (χ1n) is 6.34. The number of aromatic nitrogens is 2. The molecule has 1 aromatic heterocycles. The van der Waals surface area contributed by atoms with Gasteiger partial charge >= 0.3 is 0 Å². The maximum Gasteiger partial charge on any atom is 0.0489 e. The SMILES string of the molecule is CCCCC(CC)CCCn1cccn1. The molecule has 0 aliphatic rings. The van der Waals surface area contributed by atoms with Gasteiger partial charge in [0.1, 0.15) is 0 Å². The summed E-state index contributed by atoms with van der Waals surface area (Å²) >= 11 is 0. The molecule has 86 valence electrons. The third-order valence-corrected chi connectivity index (χ3v) is 3.10. The summed E-state index contributed by atoms with van der Waals surface area (Å²) in [5.41, 5.74) is 0. The second kappa shape index (κ2) is 7.49. The van der Waals surface area contributed by atoms with Gasteiger partial charge in [-0.15, -0.1) is 0 Å². The Morgan fingerprint density at radius 2 is 2.00 bits per heavy atom. The van der Waals surface area contributed by atoms with E-state index in [2.05, 4.69) is 18.9 Å². The Morgan fingerprint density at radius 1 is 1.20 bits per heavy atom. The standard InChI is InChI=1S/C13H24N2/c1-3-5-8-13(4-2)9-6-11-15-12-7-10-14-15/h7,10,12-13H,3-6,8-9,11H2,1-2H3. The van der Waals surface area contributed by atoms with Crippen LogP contribution in [0, 0.1) is 5.92 Å². The monoisotopic (exact) mass is 208 g/mol. The fourth-order valence-electron chi connectivity index (χ4n) is 2.02. The molecule has 0 aliphatic heterocycles. The highest BCUT2D eigenvalue weighted by Crippen LogP contribution is 2.18. The van der Waals surface area contributed by atoms with Crippen LogP contribution in [0.1, 0.15) is 52.4 Å². The molecule has 1 rings (SSSR count). The van der Waals surface area contributed by atoms with Crippen molar-refractivity contribution in [3.8, 4) is 0 Å². The summed E-state index contributed by atoms with van der Waals surface area (Å²) in [7, 11) is 0. The number of rotatable bonds is 8. The van der Waals surface area contributed by atoms with Gasteiger partial charge in [0.15, 0.2) is 0 Å². The topological polar surface area (TPSA) is 17.8 Å². The molecule has 1 heterocycles. The van der Waals surface area contributed by atoms with Gasteiger partial charge in [-0.05, 0) is 24.8 Å².